The second kappa shape index (κ2) is 7.01. The first-order chi connectivity index (χ1) is 11.7. The first-order valence-electron chi connectivity index (χ1n) is 8.17. The van der Waals surface area contributed by atoms with Crippen molar-refractivity contribution >= 4 is 33.2 Å². The molecule has 138 valence electrons. The second-order valence-corrected chi connectivity index (χ2v) is 8.94. The Morgan fingerprint density at radius 2 is 2.00 bits per heavy atom. The van der Waals surface area contributed by atoms with Crippen LogP contribution in [0, 0.1) is 0 Å². The molecule has 1 N–H and O–H groups in total. The summed E-state index contributed by atoms with van der Waals surface area (Å²) < 4.78 is 31.2. The number of nitrogens with zero attached hydrogens (tertiary/aromatic N) is 2. The lowest BCUT2D eigenvalue weighted by Crippen LogP contribution is -2.53. The maximum Gasteiger partial charge on any atom is 0.263 e. The Kier molecular flexibility index (Phi) is 5.13. The minimum absolute atomic E-state index is 0.0648. The van der Waals surface area contributed by atoms with Gasteiger partial charge in [-0.2, -0.15) is 0 Å². The van der Waals surface area contributed by atoms with Crippen LogP contribution in [0.2, 0.25) is 5.02 Å². The van der Waals surface area contributed by atoms with Gasteiger partial charge in [-0.05, 0) is 51.2 Å². The number of hydrogen-bond acceptors (Lipinski definition) is 5. The molecule has 0 saturated carbocycles. The molecule has 7 nitrogen and oxygen atoms in total. The van der Waals surface area contributed by atoms with E-state index in [0.29, 0.717) is 16.5 Å². The number of carbonyl (C=O) groups is 1. The maximum atomic E-state index is 12.6. The highest BCUT2D eigenvalue weighted by Crippen LogP contribution is 2.37. The van der Waals surface area contributed by atoms with Crippen LogP contribution in [0.5, 0.6) is 5.75 Å². The number of amides is 1. The highest BCUT2D eigenvalue weighted by atomic mass is 35.5. The summed E-state index contributed by atoms with van der Waals surface area (Å²) in [5, 5.41) is 3.39. The number of sulfonamides is 1. The molecule has 25 heavy (non-hydrogen) atoms. The van der Waals surface area contributed by atoms with Crippen molar-refractivity contribution in [1.82, 2.24) is 10.2 Å². The van der Waals surface area contributed by atoms with Gasteiger partial charge in [-0.3, -0.25) is 9.10 Å². The number of carbonyl (C=O) groups excluding carboxylic acids is 1. The van der Waals surface area contributed by atoms with Crippen molar-refractivity contribution in [2.24, 2.45) is 0 Å². The molecule has 3 rings (SSSR count). The summed E-state index contributed by atoms with van der Waals surface area (Å²) in [6, 6.07) is 4.82. The van der Waals surface area contributed by atoms with Gasteiger partial charge in [-0.15, -0.1) is 0 Å². The number of likely N-dealkylation sites (tertiary alicyclic amines) is 1. The van der Waals surface area contributed by atoms with Gasteiger partial charge in [-0.1, -0.05) is 11.6 Å². The molecule has 2 heterocycles. The Labute approximate surface area is 152 Å². The first kappa shape index (κ1) is 18.3. The van der Waals surface area contributed by atoms with E-state index in [9.17, 15) is 13.2 Å². The zero-order valence-corrected chi connectivity index (χ0v) is 15.8. The van der Waals surface area contributed by atoms with Gasteiger partial charge in [0.15, 0.2) is 6.10 Å². The third-order valence-electron chi connectivity index (χ3n) is 4.55. The van der Waals surface area contributed by atoms with Gasteiger partial charge in [0.05, 0.1) is 18.5 Å². The highest BCUT2D eigenvalue weighted by Gasteiger charge is 2.36. The number of halogens is 1. The first-order valence-corrected chi connectivity index (χ1v) is 10.4. The van der Waals surface area contributed by atoms with Gasteiger partial charge < -0.3 is 15.0 Å². The zero-order chi connectivity index (χ0) is 18.2. The van der Waals surface area contributed by atoms with E-state index in [0.717, 1.165) is 32.2 Å². The van der Waals surface area contributed by atoms with Crippen molar-refractivity contribution < 1.29 is 17.9 Å². The highest BCUT2D eigenvalue weighted by molar-refractivity contribution is 7.92. The van der Waals surface area contributed by atoms with Gasteiger partial charge in [0, 0.05) is 11.1 Å². The number of ether oxygens (including phenoxy) is 1. The van der Waals surface area contributed by atoms with E-state index in [4.69, 9.17) is 16.3 Å². The van der Waals surface area contributed by atoms with Gasteiger partial charge in [0.25, 0.3) is 5.91 Å². The monoisotopic (exact) mass is 387 g/mol. The van der Waals surface area contributed by atoms with Gasteiger partial charge in [0.1, 0.15) is 5.75 Å². The topological polar surface area (TPSA) is 79.0 Å². The fraction of sp³-hybridized carbons (Fsp3) is 0.562. The number of rotatable bonds is 3. The molecular formula is C16H22ClN3O4S. The third kappa shape index (κ3) is 4.19. The molecule has 0 bridgehead atoms. The summed E-state index contributed by atoms with van der Waals surface area (Å²) >= 11 is 5.97. The van der Waals surface area contributed by atoms with Crippen LogP contribution >= 0.6 is 11.6 Å². The van der Waals surface area contributed by atoms with Crippen molar-refractivity contribution in [1.29, 1.82) is 0 Å². The van der Waals surface area contributed by atoms with Crippen LogP contribution < -0.4 is 14.4 Å². The number of benzene rings is 1. The molecular weight excluding hydrogens is 366 g/mol. The van der Waals surface area contributed by atoms with Crippen LogP contribution in [-0.2, 0) is 14.8 Å². The molecule has 1 amide bonds. The van der Waals surface area contributed by atoms with E-state index in [1.807, 2.05) is 7.05 Å². The molecule has 0 spiro atoms. The van der Waals surface area contributed by atoms with Crippen LogP contribution in [-0.4, -0.2) is 64.3 Å². The second-order valence-electron chi connectivity index (χ2n) is 6.60. The molecule has 0 aliphatic carbocycles. The maximum absolute atomic E-state index is 12.6. The van der Waals surface area contributed by atoms with Crippen molar-refractivity contribution in [3.05, 3.63) is 23.2 Å². The van der Waals surface area contributed by atoms with Crippen LogP contribution in [0.25, 0.3) is 0 Å². The molecule has 1 fully saturated rings. The normalized spacial score (nSPS) is 22.2. The molecule has 1 saturated heterocycles. The summed E-state index contributed by atoms with van der Waals surface area (Å²) in [4.78, 5) is 14.8. The number of fused-ring (bicyclic) bond motifs is 1. The molecule has 9 heteroatoms. The standard InChI is InChI=1S/C16H22ClN3O4S/c1-19-7-5-12(6-8-19)18-16(21)15-10-20(25(2,22)23)13-9-11(17)3-4-14(13)24-15/h3-4,9,12,15H,5-8,10H2,1-2H3,(H,18,21)/t15-/m1/s1. The Morgan fingerprint density at radius 3 is 2.64 bits per heavy atom. The van der Waals surface area contributed by atoms with E-state index < -0.39 is 16.1 Å². The Balaban J connectivity index is 1.77. The smallest absolute Gasteiger partial charge is 0.263 e. The summed E-state index contributed by atoms with van der Waals surface area (Å²) in [6.45, 7) is 1.78. The fourth-order valence-electron chi connectivity index (χ4n) is 3.12. The lowest BCUT2D eigenvalue weighted by molar-refractivity contribution is -0.128. The minimum atomic E-state index is -3.55. The summed E-state index contributed by atoms with van der Waals surface area (Å²) in [5.41, 5.74) is 0.360. The summed E-state index contributed by atoms with van der Waals surface area (Å²) in [6.07, 6.45) is 1.96. The van der Waals surface area contributed by atoms with Gasteiger partial charge in [0.2, 0.25) is 10.0 Å². The van der Waals surface area contributed by atoms with Gasteiger partial charge in [-0.25, -0.2) is 8.42 Å². The predicted molar refractivity (Wildman–Crippen MR) is 96.7 cm³/mol. The van der Waals surface area contributed by atoms with Crippen molar-refractivity contribution in [3.63, 3.8) is 0 Å². The van der Waals surface area contributed by atoms with Crippen LogP contribution in [0.15, 0.2) is 18.2 Å². The third-order valence-corrected chi connectivity index (χ3v) is 5.93. The van der Waals surface area contributed by atoms with E-state index in [2.05, 4.69) is 10.2 Å². The number of anilines is 1. The molecule has 0 unspecified atom stereocenters. The quantitative estimate of drug-likeness (QED) is 0.839. The predicted octanol–water partition coefficient (Wildman–Crippen LogP) is 1.08. The van der Waals surface area contributed by atoms with E-state index in [1.165, 1.54) is 10.4 Å². The van der Waals surface area contributed by atoms with Crippen LogP contribution in [0.1, 0.15) is 12.8 Å². The average molecular weight is 388 g/mol. The van der Waals surface area contributed by atoms with E-state index >= 15 is 0 Å². The molecule has 0 aromatic heterocycles. The average Bonchev–Trinajstić information content (AvgIpc) is 2.55. The number of piperidine rings is 1. The molecule has 1 atom stereocenters. The molecule has 1 aromatic rings. The van der Waals surface area contributed by atoms with E-state index in [-0.39, 0.29) is 18.5 Å². The number of hydrogen-bond donors (Lipinski definition) is 1. The van der Waals surface area contributed by atoms with Gasteiger partial charge >= 0.3 is 0 Å². The SMILES string of the molecule is CN1CCC(NC(=O)[C@H]2CN(S(C)(=O)=O)c3cc(Cl)ccc3O2)CC1. The van der Waals surface area contributed by atoms with E-state index in [1.54, 1.807) is 12.1 Å². The molecule has 1 aromatic carbocycles. The Morgan fingerprint density at radius 1 is 1.32 bits per heavy atom. The largest absolute Gasteiger partial charge is 0.476 e. The molecule has 2 aliphatic rings. The van der Waals surface area contributed by atoms with Crippen LogP contribution in [0.4, 0.5) is 5.69 Å². The zero-order valence-electron chi connectivity index (χ0n) is 14.2. The summed E-state index contributed by atoms with van der Waals surface area (Å²) in [5.74, 6) is 0.0494. The Bertz CT molecular complexity index is 763. The van der Waals surface area contributed by atoms with Crippen LogP contribution in [0.3, 0.4) is 0 Å². The summed E-state index contributed by atoms with van der Waals surface area (Å²) in [7, 11) is -1.50. The molecule has 0 radical (unpaired) electrons. The fourth-order valence-corrected chi connectivity index (χ4v) is 4.19. The van der Waals surface area contributed by atoms with Crippen molar-refractivity contribution in [3.8, 4) is 5.75 Å². The van der Waals surface area contributed by atoms with Crippen molar-refractivity contribution in [2.75, 3.05) is 37.2 Å². The lowest BCUT2D eigenvalue weighted by Gasteiger charge is -2.35. The number of nitrogens with one attached hydrogen (secondary N) is 1. The Hall–Kier alpha value is -1.51. The molecule has 2 aliphatic heterocycles. The lowest BCUT2D eigenvalue weighted by atomic mass is 10.1. The minimum Gasteiger partial charge on any atom is -0.476 e. The van der Waals surface area contributed by atoms with Crippen molar-refractivity contribution in [2.45, 2.75) is 25.0 Å².